The number of ether oxygens (including phenoxy) is 1. The number of rotatable bonds is 25. The third-order valence-electron chi connectivity index (χ3n) is 8.34. The summed E-state index contributed by atoms with van der Waals surface area (Å²) < 4.78 is 5.83. The van der Waals surface area contributed by atoms with Crippen LogP contribution in [0.1, 0.15) is 136 Å². The maximum absolute atomic E-state index is 12.9. The molecule has 8 nitrogen and oxygen atoms in total. The molecule has 2 rings (SSSR count). The van der Waals surface area contributed by atoms with Crippen LogP contribution in [0.5, 0.6) is 5.75 Å². The van der Waals surface area contributed by atoms with Crippen molar-refractivity contribution in [2.24, 2.45) is 11.8 Å². The van der Waals surface area contributed by atoms with Crippen LogP contribution in [0.15, 0.2) is 24.3 Å². The van der Waals surface area contributed by atoms with E-state index in [9.17, 15) is 14.4 Å². The number of carbonyl (C=O) groups excluding carboxylic acids is 3. The molecular formula is C36H62N4O4. The molecule has 1 aliphatic carbocycles. The Hall–Kier alpha value is -2.77. The molecule has 1 aromatic rings. The van der Waals surface area contributed by atoms with Crippen molar-refractivity contribution in [3.63, 3.8) is 0 Å². The second-order valence-corrected chi connectivity index (χ2v) is 13.0. The van der Waals surface area contributed by atoms with Crippen molar-refractivity contribution in [1.82, 2.24) is 16.0 Å². The number of amides is 3. The van der Waals surface area contributed by atoms with Gasteiger partial charge in [0.1, 0.15) is 5.75 Å². The second-order valence-electron chi connectivity index (χ2n) is 13.0. The first-order valence-corrected chi connectivity index (χ1v) is 17.7. The molecule has 1 aliphatic rings. The van der Waals surface area contributed by atoms with E-state index < -0.39 is 6.17 Å². The van der Waals surface area contributed by atoms with Crippen molar-refractivity contribution in [3.05, 3.63) is 24.3 Å². The van der Waals surface area contributed by atoms with Gasteiger partial charge in [0.15, 0.2) is 6.17 Å². The maximum Gasteiger partial charge on any atom is 0.263 e. The summed E-state index contributed by atoms with van der Waals surface area (Å²) in [6, 6.07) is 7.33. The number of unbranched alkanes of at least 4 members (excludes halogenated alkanes) is 9. The van der Waals surface area contributed by atoms with Gasteiger partial charge in [0, 0.05) is 31.6 Å². The minimum absolute atomic E-state index is 0.0798. The van der Waals surface area contributed by atoms with Gasteiger partial charge in [0.05, 0.1) is 6.61 Å². The SMILES string of the molecule is CCCCCCCCCCCCNC(=O)CCCOc1ccc(NC(NC(=O)CCC2CCCC2)C(=O)NCC(C)C)cc1. The standard InChI is InChI=1S/C36H62N4O4/c1-4-5-6-7-8-9-10-11-12-15-26-37-33(41)19-16-27-44-32-23-21-31(22-24-32)39-35(36(43)38-28-29(2)3)40-34(42)25-20-30-17-13-14-18-30/h21-24,29-30,35,39H,4-20,25-28H2,1-3H3,(H,37,41)(H,38,43)(H,40,42). The number of benzene rings is 1. The predicted molar refractivity (Wildman–Crippen MR) is 181 cm³/mol. The molecule has 0 heterocycles. The van der Waals surface area contributed by atoms with E-state index in [1.807, 2.05) is 38.1 Å². The van der Waals surface area contributed by atoms with Gasteiger partial charge in [0.2, 0.25) is 11.8 Å². The zero-order valence-electron chi connectivity index (χ0n) is 28.0. The monoisotopic (exact) mass is 614 g/mol. The highest BCUT2D eigenvalue weighted by Crippen LogP contribution is 2.28. The summed E-state index contributed by atoms with van der Waals surface area (Å²) in [7, 11) is 0. The van der Waals surface area contributed by atoms with Gasteiger partial charge in [-0.25, -0.2) is 0 Å². The van der Waals surface area contributed by atoms with E-state index in [1.54, 1.807) is 0 Å². The van der Waals surface area contributed by atoms with E-state index >= 15 is 0 Å². The Morgan fingerprint density at radius 3 is 2.07 bits per heavy atom. The smallest absolute Gasteiger partial charge is 0.263 e. The van der Waals surface area contributed by atoms with Gasteiger partial charge in [-0.3, -0.25) is 14.4 Å². The normalized spacial score (nSPS) is 13.9. The fraction of sp³-hybridized carbons (Fsp3) is 0.750. The van der Waals surface area contributed by atoms with Crippen LogP contribution in [0.2, 0.25) is 0 Å². The molecule has 0 bridgehead atoms. The van der Waals surface area contributed by atoms with Gasteiger partial charge >= 0.3 is 0 Å². The minimum Gasteiger partial charge on any atom is -0.494 e. The lowest BCUT2D eigenvalue weighted by molar-refractivity contribution is -0.128. The third-order valence-corrected chi connectivity index (χ3v) is 8.34. The van der Waals surface area contributed by atoms with E-state index in [-0.39, 0.29) is 17.7 Å². The molecule has 0 aromatic heterocycles. The molecule has 1 atom stereocenters. The van der Waals surface area contributed by atoms with Crippen LogP contribution >= 0.6 is 0 Å². The highest BCUT2D eigenvalue weighted by molar-refractivity contribution is 5.89. The van der Waals surface area contributed by atoms with Crippen LogP contribution in [-0.4, -0.2) is 43.6 Å². The summed E-state index contributed by atoms with van der Waals surface area (Å²) >= 11 is 0. The van der Waals surface area contributed by atoms with E-state index in [1.165, 1.54) is 83.5 Å². The van der Waals surface area contributed by atoms with Gasteiger partial charge in [-0.2, -0.15) is 0 Å². The molecule has 0 radical (unpaired) electrons. The lowest BCUT2D eigenvalue weighted by Gasteiger charge is -2.22. The molecule has 8 heteroatoms. The van der Waals surface area contributed by atoms with Crippen molar-refractivity contribution < 1.29 is 19.1 Å². The lowest BCUT2D eigenvalue weighted by Crippen LogP contribution is -2.51. The van der Waals surface area contributed by atoms with Gasteiger partial charge in [0.25, 0.3) is 5.91 Å². The highest BCUT2D eigenvalue weighted by Gasteiger charge is 2.22. The largest absolute Gasteiger partial charge is 0.494 e. The van der Waals surface area contributed by atoms with E-state index in [0.717, 1.165) is 19.4 Å². The zero-order chi connectivity index (χ0) is 31.8. The van der Waals surface area contributed by atoms with Crippen molar-refractivity contribution in [1.29, 1.82) is 0 Å². The quantitative estimate of drug-likeness (QED) is 0.0675. The molecule has 3 amide bonds. The third kappa shape index (κ3) is 18.1. The Bertz CT molecular complexity index is 915. The fourth-order valence-electron chi connectivity index (χ4n) is 5.61. The second kappa shape index (κ2) is 23.6. The van der Waals surface area contributed by atoms with Gasteiger partial charge < -0.3 is 26.0 Å². The Kier molecular flexibility index (Phi) is 20.1. The van der Waals surface area contributed by atoms with Crippen LogP contribution in [0.4, 0.5) is 5.69 Å². The van der Waals surface area contributed by atoms with Gasteiger partial charge in [-0.05, 0) is 55.4 Å². The summed E-state index contributed by atoms with van der Waals surface area (Å²) in [4.78, 5) is 37.7. The van der Waals surface area contributed by atoms with Crippen LogP contribution in [-0.2, 0) is 14.4 Å². The topological polar surface area (TPSA) is 109 Å². The van der Waals surface area contributed by atoms with Gasteiger partial charge in [-0.15, -0.1) is 0 Å². The molecule has 44 heavy (non-hydrogen) atoms. The van der Waals surface area contributed by atoms with E-state index in [4.69, 9.17) is 4.74 Å². The molecule has 4 N–H and O–H groups in total. The van der Waals surface area contributed by atoms with Crippen LogP contribution in [0.25, 0.3) is 0 Å². The molecular weight excluding hydrogens is 552 g/mol. The Balaban J connectivity index is 1.62. The molecule has 0 spiro atoms. The molecule has 0 saturated heterocycles. The summed E-state index contributed by atoms with van der Waals surface area (Å²) in [6.07, 6.45) is 19.4. The Morgan fingerprint density at radius 1 is 0.795 bits per heavy atom. The van der Waals surface area contributed by atoms with Crippen molar-refractivity contribution in [3.8, 4) is 5.75 Å². The molecule has 250 valence electrons. The van der Waals surface area contributed by atoms with Crippen LogP contribution in [0.3, 0.4) is 0 Å². The number of nitrogens with one attached hydrogen (secondary N) is 4. The summed E-state index contributed by atoms with van der Waals surface area (Å²) in [5.74, 6) is 1.35. The summed E-state index contributed by atoms with van der Waals surface area (Å²) in [5, 5.41) is 12.0. The summed E-state index contributed by atoms with van der Waals surface area (Å²) in [5.41, 5.74) is 0.712. The number of anilines is 1. The van der Waals surface area contributed by atoms with Crippen molar-refractivity contribution in [2.75, 3.05) is 25.0 Å². The lowest BCUT2D eigenvalue weighted by atomic mass is 10.0. The van der Waals surface area contributed by atoms with Gasteiger partial charge in [-0.1, -0.05) is 104 Å². The number of hydrogen-bond acceptors (Lipinski definition) is 5. The summed E-state index contributed by atoms with van der Waals surface area (Å²) in [6.45, 7) is 8.07. The molecule has 1 fully saturated rings. The molecule has 1 aromatic carbocycles. The average molecular weight is 615 g/mol. The first-order valence-electron chi connectivity index (χ1n) is 17.7. The van der Waals surface area contributed by atoms with Crippen molar-refractivity contribution in [2.45, 2.75) is 143 Å². The van der Waals surface area contributed by atoms with Crippen LogP contribution < -0.4 is 26.0 Å². The number of hydrogen-bond donors (Lipinski definition) is 4. The maximum atomic E-state index is 12.9. The molecule has 1 saturated carbocycles. The Morgan fingerprint density at radius 2 is 1.43 bits per heavy atom. The Labute approximate surface area is 267 Å². The minimum atomic E-state index is -0.851. The number of carbonyl (C=O) groups is 3. The highest BCUT2D eigenvalue weighted by atomic mass is 16.5. The first-order chi connectivity index (χ1) is 21.4. The van der Waals surface area contributed by atoms with E-state index in [0.29, 0.717) is 55.7 Å². The van der Waals surface area contributed by atoms with E-state index in [2.05, 4.69) is 28.2 Å². The van der Waals surface area contributed by atoms with Crippen molar-refractivity contribution >= 4 is 23.4 Å². The average Bonchev–Trinajstić information content (AvgIpc) is 3.54. The zero-order valence-corrected chi connectivity index (χ0v) is 28.0. The molecule has 0 aliphatic heterocycles. The molecule has 1 unspecified atom stereocenters. The van der Waals surface area contributed by atoms with Crippen LogP contribution in [0, 0.1) is 11.8 Å². The predicted octanol–water partition coefficient (Wildman–Crippen LogP) is 7.48. The fourth-order valence-corrected chi connectivity index (χ4v) is 5.61. The first kappa shape index (κ1) is 37.4.